The second-order valence-electron chi connectivity index (χ2n) is 5.68. The molecule has 1 heterocycles. The molecule has 0 spiro atoms. The zero-order valence-corrected chi connectivity index (χ0v) is 15.6. The van der Waals surface area contributed by atoms with Crippen molar-refractivity contribution in [1.82, 2.24) is 15.8 Å². The van der Waals surface area contributed by atoms with Gasteiger partial charge in [0.05, 0.1) is 19.8 Å². The molecule has 1 aromatic carbocycles. The van der Waals surface area contributed by atoms with Gasteiger partial charge in [-0.3, -0.25) is 15.0 Å². The van der Waals surface area contributed by atoms with E-state index in [-0.39, 0.29) is 5.91 Å². The number of methoxy groups -OCH3 is 2. The van der Waals surface area contributed by atoms with Crippen LogP contribution < -0.4 is 25.6 Å². The summed E-state index contributed by atoms with van der Waals surface area (Å²) >= 11 is 0. The van der Waals surface area contributed by atoms with Crippen LogP contribution in [-0.4, -0.2) is 31.0 Å². The number of nitrogens with one attached hydrogen (secondary N) is 3. The average molecular weight is 370 g/mol. The summed E-state index contributed by atoms with van der Waals surface area (Å²) < 4.78 is 10.3. The molecule has 0 saturated carbocycles. The molecule has 0 fully saturated rings. The number of ether oxygens (including phenoxy) is 2. The molecule has 8 heteroatoms. The molecule has 2 amide bonds. The number of amides is 2. The summed E-state index contributed by atoms with van der Waals surface area (Å²) in [6, 6.07) is 8.44. The summed E-state index contributed by atoms with van der Waals surface area (Å²) in [6.07, 6.45) is 2.93. The Hall–Kier alpha value is -3.55. The van der Waals surface area contributed by atoms with E-state index in [4.69, 9.17) is 9.47 Å². The molecule has 0 bridgehead atoms. The summed E-state index contributed by atoms with van der Waals surface area (Å²) in [4.78, 5) is 28.4. The largest absolute Gasteiger partial charge is 0.497 e. The Morgan fingerprint density at radius 3 is 2.52 bits per heavy atom. The monoisotopic (exact) mass is 370 g/mol. The lowest BCUT2D eigenvalue weighted by Crippen LogP contribution is -2.36. The standard InChI is InChI=1S/C19H22N4O4/c1-12-7-8-20-17(9-12)21-18(24)10-13(2)22-23-19(25)15-6-5-14(26-3)11-16(15)27-4/h5-11,22H,1-4H3,(H,23,25)(H,20,21,24). The first-order valence-electron chi connectivity index (χ1n) is 8.13. The zero-order chi connectivity index (χ0) is 19.8. The van der Waals surface area contributed by atoms with Crippen LogP contribution in [0.5, 0.6) is 11.5 Å². The van der Waals surface area contributed by atoms with Crippen molar-refractivity contribution in [3.63, 3.8) is 0 Å². The molecule has 27 heavy (non-hydrogen) atoms. The topological polar surface area (TPSA) is 102 Å². The lowest BCUT2D eigenvalue weighted by molar-refractivity contribution is -0.112. The number of carbonyl (C=O) groups is 2. The third-order valence-electron chi connectivity index (χ3n) is 3.54. The molecular weight excluding hydrogens is 348 g/mol. The molecule has 0 radical (unpaired) electrons. The van der Waals surface area contributed by atoms with Crippen LogP contribution in [0.2, 0.25) is 0 Å². The van der Waals surface area contributed by atoms with Crippen molar-refractivity contribution < 1.29 is 19.1 Å². The van der Waals surface area contributed by atoms with Crippen LogP contribution >= 0.6 is 0 Å². The van der Waals surface area contributed by atoms with E-state index in [1.165, 1.54) is 20.3 Å². The quantitative estimate of drug-likeness (QED) is 0.510. The molecule has 8 nitrogen and oxygen atoms in total. The predicted octanol–water partition coefficient (Wildman–Crippen LogP) is 2.18. The fourth-order valence-corrected chi connectivity index (χ4v) is 2.21. The first-order valence-corrected chi connectivity index (χ1v) is 8.13. The number of aryl methyl sites for hydroxylation is 1. The van der Waals surface area contributed by atoms with Gasteiger partial charge in [0.2, 0.25) is 0 Å². The van der Waals surface area contributed by atoms with Crippen LogP contribution in [0.1, 0.15) is 22.8 Å². The Morgan fingerprint density at radius 2 is 1.85 bits per heavy atom. The zero-order valence-electron chi connectivity index (χ0n) is 15.6. The average Bonchev–Trinajstić information content (AvgIpc) is 2.65. The lowest BCUT2D eigenvalue weighted by Gasteiger charge is -2.12. The summed E-state index contributed by atoms with van der Waals surface area (Å²) in [6.45, 7) is 3.55. The third-order valence-corrected chi connectivity index (χ3v) is 3.54. The predicted molar refractivity (Wildman–Crippen MR) is 102 cm³/mol. The highest BCUT2D eigenvalue weighted by molar-refractivity contribution is 5.99. The second-order valence-corrected chi connectivity index (χ2v) is 5.68. The fraction of sp³-hybridized carbons (Fsp3) is 0.211. The van der Waals surface area contributed by atoms with Crippen molar-refractivity contribution in [2.24, 2.45) is 0 Å². The summed E-state index contributed by atoms with van der Waals surface area (Å²) in [5.41, 5.74) is 6.96. The molecule has 0 atom stereocenters. The van der Waals surface area contributed by atoms with Gasteiger partial charge < -0.3 is 20.2 Å². The Labute approximate surface area is 157 Å². The van der Waals surface area contributed by atoms with E-state index in [1.54, 1.807) is 37.4 Å². The minimum atomic E-state index is -0.414. The van der Waals surface area contributed by atoms with Gasteiger partial charge in [0, 0.05) is 24.0 Å². The number of allylic oxidation sites excluding steroid dienone is 1. The smallest absolute Gasteiger partial charge is 0.273 e. The Kier molecular flexibility index (Phi) is 6.76. The molecule has 2 rings (SSSR count). The highest BCUT2D eigenvalue weighted by Crippen LogP contribution is 2.24. The van der Waals surface area contributed by atoms with Crippen LogP contribution in [0.15, 0.2) is 48.3 Å². The van der Waals surface area contributed by atoms with Crippen molar-refractivity contribution in [2.75, 3.05) is 19.5 Å². The minimum absolute atomic E-state index is 0.326. The van der Waals surface area contributed by atoms with Crippen molar-refractivity contribution in [2.45, 2.75) is 13.8 Å². The van der Waals surface area contributed by atoms with Gasteiger partial charge in [-0.1, -0.05) is 0 Å². The van der Waals surface area contributed by atoms with Gasteiger partial charge in [-0.15, -0.1) is 0 Å². The normalized spacial score (nSPS) is 10.7. The van der Waals surface area contributed by atoms with Gasteiger partial charge in [-0.2, -0.15) is 0 Å². The highest BCUT2D eigenvalue weighted by Gasteiger charge is 2.13. The molecule has 0 aliphatic rings. The molecule has 142 valence electrons. The number of hydrazine groups is 1. The van der Waals surface area contributed by atoms with Crippen LogP contribution in [-0.2, 0) is 4.79 Å². The van der Waals surface area contributed by atoms with E-state index in [9.17, 15) is 9.59 Å². The maximum absolute atomic E-state index is 12.3. The van der Waals surface area contributed by atoms with Crippen LogP contribution in [0, 0.1) is 6.92 Å². The Balaban J connectivity index is 1.96. The fourth-order valence-electron chi connectivity index (χ4n) is 2.21. The summed E-state index contributed by atoms with van der Waals surface area (Å²) in [5, 5.41) is 2.65. The number of rotatable bonds is 7. The second kappa shape index (κ2) is 9.23. The van der Waals surface area contributed by atoms with Crippen LogP contribution in [0.4, 0.5) is 5.82 Å². The molecule has 3 N–H and O–H groups in total. The minimum Gasteiger partial charge on any atom is -0.497 e. The summed E-state index contributed by atoms with van der Waals surface area (Å²) in [7, 11) is 3.00. The Bertz CT molecular complexity index is 865. The molecule has 0 aliphatic heterocycles. The van der Waals surface area contributed by atoms with E-state index in [0.717, 1.165) is 5.56 Å². The van der Waals surface area contributed by atoms with Crippen molar-refractivity contribution in [3.05, 3.63) is 59.4 Å². The van der Waals surface area contributed by atoms with Crippen molar-refractivity contribution in [3.8, 4) is 11.5 Å². The van der Waals surface area contributed by atoms with Gasteiger partial charge in [0.15, 0.2) is 0 Å². The SMILES string of the molecule is COc1ccc(C(=O)NNC(C)=CC(=O)Nc2cc(C)ccn2)c(OC)c1. The highest BCUT2D eigenvalue weighted by atomic mass is 16.5. The maximum Gasteiger partial charge on any atom is 0.273 e. The number of pyridine rings is 1. The van der Waals surface area contributed by atoms with Crippen LogP contribution in [0.25, 0.3) is 0 Å². The van der Waals surface area contributed by atoms with E-state index in [1.807, 2.05) is 13.0 Å². The van der Waals surface area contributed by atoms with Gasteiger partial charge in [-0.25, -0.2) is 4.98 Å². The number of carbonyl (C=O) groups excluding carboxylic acids is 2. The molecule has 0 unspecified atom stereocenters. The number of hydrogen-bond acceptors (Lipinski definition) is 6. The van der Waals surface area contributed by atoms with Gasteiger partial charge in [0.25, 0.3) is 11.8 Å². The number of anilines is 1. The van der Waals surface area contributed by atoms with Crippen LogP contribution in [0.3, 0.4) is 0 Å². The maximum atomic E-state index is 12.3. The molecule has 0 aliphatic carbocycles. The van der Waals surface area contributed by atoms with E-state index in [2.05, 4.69) is 21.2 Å². The van der Waals surface area contributed by atoms with Gasteiger partial charge in [-0.05, 0) is 43.7 Å². The number of hydrogen-bond donors (Lipinski definition) is 3. The van der Waals surface area contributed by atoms with E-state index < -0.39 is 5.91 Å². The number of benzene rings is 1. The molecule has 1 aromatic heterocycles. The number of aromatic nitrogens is 1. The lowest BCUT2D eigenvalue weighted by atomic mass is 10.2. The van der Waals surface area contributed by atoms with E-state index in [0.29, 0.717) is 28.6 Å². The van der Waals surface area contributed by atoms with Crippen molar-refractivity contribution >= 4 is 17.6 Å². The van der Waals surface area contributed by atoms with Gasteiger partial charge in [0.1, 0.15) is 17.3 Å². The molecular formula is C19H22N4O4. The summed E-state index contributed by atoms with van der Waals surface area (Å²) in [5.74, 6) is 0.626. The van der Waals surface area contributed by atoms with Crippen molar-refractivity contribution in [1.29, 1.82) is 0 Å². The van der Waals surface area contributed by atoms with Gasteiger partial charge >= 0.3 is 0 Å². The third kappa shape index (κ3) is 5.74. The molecule has 2 aromatic rings. The first kappa shape index (κ1) is 19.8. The number of nitrogens with zero attached hydrogens (tertiary/aromatic N) is 1. The molecule has 0 saturated heterocycles. The Morgan fingerprint density at radius 1 is 1.07 bits per heavy atom. The van der Waals surface area contributed by atoms with E-state index >= 15 is 0 Å². The first-order chi connectivity index (χ1) is 12.9.